The van der Waals surface area contributed by atoms with Gasteiger partial charge in [0.2, 0.25) is 0 Å². The summed E-state index contributed by atoms with van der Waals surface area (Å²) in [5.74, 6) is 1.55. The van der Waals surface area contributed by atoms with Gasteiger partial charge in [0.1, 0.15) is 5.82 Å². The van der Waals surface area contributed by atoms with Gasteiger partial charge in [-0.1, -0.05) is 18.6 Å². The summed E-state index contributed by atoms with van der Waals surface area (Å²) in [4.78, 5) is 19.1. The van der Waals surface area contributed by atoms with Crippen LogP contribution in [0.3, 0.4) is 0 Å². The highest BCUT2D eigenvalue weighted by Gasteiger charge is 2.21. The molecule has 132 valence electrons. The molecule has 1 amide bonds. The number of carbonyl (C=O) groups excluding carboxylic acids is 1. The normalized spacial score (nSPS) is 21.3. The molecule has 1 unspecified atom stereocenters. The molecule has 2 aliphatic heterocycles. The van der Waals surface area contributed by atoms with Crippen LogP contribution in [0.15, 0.2) is 24.3 Å². The SMILES string of the molecule is O=C(c1cccc(-c2n[nH]c(C3CCCCN3)n2)c1)N1CCOCC1. The largest absolute Gasteiger partial charge is 0.378 e. The lowest BCUT2D eigenvalue weighted by molar-refractivity contribution is 0.0303. The first kappa shape index (κ1) is 16.2. The Morgan fingerprint density at radius 2 is 2.12 bits per heavy atom. The summed E-state index contributed by atoms with van der Waals surface area (Å²) < 4.78 is 5.32. The Labute approximate surface area is 146 Å². The van der Waals surface area contributed by atoms with Crippen molar-refractivity contribution in [2.75, 3.05) is 32.8 Å². The number of aromatic amines is 1. The molecule has 2 saturated heterocycles. The number of ether oxygens (including phenoxy) is 1. The molecule has 1 aromatic carbocycles. The van der Waals surface area contributed by atoms with Crippen LogP contribution in [0.2, 0.25) is 0 Å². The number of H-pyrrole nitrogens is 1. The first-order chi connectivity index (χ1) is 12.3. The molecule has 1 atom stereocenters. The van der Waals surface area contributed by atoms with Crippen molar-refractivity contribution in [1.29, 1.82) is 0 Å². The molecule has 2 aliphatic rings. The number of hydrogen-bond donors (Lipinski definition) is 2. The first-order valence-electron chi connectivity index (χ1n) is 8.94. The van der Waals surface area contributed by atoms with Gasteiger partial charge in [0.05, 0.1) is 19.3 Å². The van der Waals surface area contributed by atoms with Crippen LogP contribution in [0, 0.1) is 0 Å². The minimum Gasteiger partial charge on any atom is -0.378 e. The predicted octanol–water partition coefficient (Wildman–Crippen LogP) is 1.76. The fraction of sp³-hybridized carbons (Fsp3) is 0.500. The van der Waals surface area contributed by atoms with Crippen molar-refractivity contribution >= 4 is 5.91 Å². The number of morpholine rings is 1. The van der Waals surface area contributed by atoms with Crippen LogP contribution in [0.1, 0.15) is 41.5 Å². The van der Waals surface area contributed by atoms with Crippen LogP contribution < -0.4 is 5.32 Å². The first-order valence-corrected chi connectivity index (χ1v) is 8.94. The highest BCUT2D eigenvalue weighted by molar-refractivity contribution is 5.95. The Balaban J connectivity index is 1.53. The molecular weight excluding hydrogens is 318 g/mol. The van der Waals surface area contributed by atoms with Gasteiger partial charge in [-0.3, -0.25) is 9.89 Å². The molecule has 4 rings (SSSR count). The number of amides is 1. The van der Waals surface area contributed by atoms with E-state index in [1.165, 1.54) is 12.8 Å². The zero-order valence-corrected chi connectivity index (χ0v) is 14.2. The van der Waals surface area contributed by atoms with Crippen LogP contribution in [-0.2, 0) is 4.74 Å². The molecule has 0 bridgehead atoms. The molecule has 1 aromatic heterocycles. The summed E-state index contributed by atoms with van der Waals surface area (Å²) in [6, 6.07) is 7.79. The molecule has 0 aliphatic carbocycles. The van der Waals surface area contributed by atoms with E-state index in [9.17, 15) is 4.79 Å². The van der Waals surface area contributed by atoms with Gasteiger partial charge < -0.3 is 15.0 Å². The van der Waals surface area contributed by atoms with Crippen molar-refractivity contribution in [1.82, 2.24) is 25.4 Å². The third-order valence-electron chi connectivity index (χ3n) is 4.81. The molecule has 0 saturated carbocycles. The van der Waals surface area contributed by atoms with E-state index in [1.807, 2.05) is 29.2 Å². The molecule has 3 heterocycles. The average Bonchev–Trinajstić information content (AvgIpc) is 3.19. The van der Waals surface area contributed by atoms with Gasteiger partial charge in [0, 0.05) is 24.2 Å². The van der Waals surface area contributed by atoms with E-state index in [4.69, 9.17) is 4.74 Å². The number of carbonyl (C=O) groups is 1. The van der Waals surface area contributed by atoms with E-state index in [0.717, 1.165) is 24.4 Å². The number of aromatic nitrogens is 3. The second-order valence-corrected chi connectivity index (χ2v) is 6.53. The number of hydrogen-bond acceptors (Lipinski definition) is 5. The standard InChI is InChI=1S/C18H23N5O2/c24-18(23-8-10-25-11-9-23)14-5-3-4-13(12-14)16-20-17(22-21-16)15-6-1-2-7-19-15/h3-5,12,15,19H,1-2,6-11H2,(H,20,21,22). The third kappa shape index (κ3) is 3.57. The molecular formula is C18H23N5O2. The summed E-state index contributed by atoms with van der Waals surface area (Å²) in [5, 5.41) is 10.9. The van der Waals surface area contributed by atoms with Crippen LogP contribution >= 0.6 is 0 Å². The Morgan fingerprint density at radius 1 is 1.24 bits per heavy atom. The van der Waals surface area contributed by atoms with Gasteiger partial charge in [-0.15, -0.1) is 0 Å². The van der Waals surface area contributed by atoms with Gasteiger partial charge in [-0.2, -0.15) is 5.10 Å². The lowest BCUT2D eigenvalue weighted by Crippen LogP contribution is -2.40. The highest BCUT2D eigenvalue weighted by Crippen LogP contribution is 2.23. The quantitative estimate of drug-likeness (QED) is 0.889. The maximum absolute atomic E-state index is 12.6. The topological polar surface area (TPSA) is 83.1 Å². The number of nitrogens with zero attached hydrogens (tertiary/aromatic N) is 3. The fourth-order valence-electron chi connectivity index (χ4n) is 3.38. The number of piperidine rings is 1. The fourth-order valence-corrected chi connectivity index (χ4v) is 3.38. The Morgan fingerprint density at radius 3 is 2.92 bits per heavy atom. The predicted molar refractivity (Wildman–Crippen MR) is 93.1 cm³/mol. The van der Waals surface area contributed by atoms with Gasteiger partial charge >= 0.3 is 0 Å². The summed E-state index contributed by atoms with van der Waals surface area (Å²) >= 11 is 0. The molecule has 7 heteroatoms. The van der Waals surface area contributed by atoms with Crippen molar-refractivity contribution in [3.63, 3.8) is 0 Å². The zero-order chi connectivity index (χ0) is 17.1. The molecule has 7 nitrogen and oxygen atoms in total. The van der Waals surface area contributed by atoms with E-state index < -0.39 is 0 Å². The van der Waals surface area contributed by atoms with Gasteiger partial charge in [-0.05, 0) is 31.5 Å². The van der Waals surface area contributed by atoms with E-state index in [0.29, 0.717) is 37.7 Å². The Hall–Kier alpha value is -2.25. The van der Waals surface area contributed by atoms with Crippen molar-refractivity contribution in [2.45, 2.75) is 25.3 Å². The van der Waals surface area contributed by atoms with Crippen molar-refractivity contribution in [2.24, 2.45) is 0 Å². The van der Waals surface area contributed by atoms with Crippen molar-refractivity contribution < 1.29 is 9.53 Å². The van der Waals surface area contributed by atoms with Crippen LogP contribution in [0.25, 0.3) is 11.4 Å². The second kappa shape index (κ2) is 7.33. The maximum atomic E-state index is 12.6. The van der Waals surface area contributed by atoms with E-state index in [-0.39, 0.29) is 11.9 Å². The monoisotopic (exact) mass is 341 g/mol. The lowest BCUT2D eigenvalue weighted by Gasteiger charge is -2.26. The Bertz CT molecular complexity index is 733. The molecule has 0 radical (unpaired) electrons. The van der Waals surface area contributed by atoms with Crippen LogP contribution in [0.4, 0.5) is 0 Å². The molecule has 2 N–H and O–H groups in total. The summed E-state index contributed by atoms with van der Waals surface area (Å²) in [5.41, 5.74) is 1.53. The van der Waals surface area contributed by atoms with Gasteiger partial charge in [0.15, 0.2) is 5.82 Å². The van der Waals surface area contributed by atoms with Gasteiger partial charge in [0.25, 0.3) is 5.91 Å². The maximum Gasteiger partial charge on any atom is 0.254 e. The van der Waals surface area contributed by atoms with E-state index >= 15 is 0 Å². The molecule has 25 heavy (non-hydrogen) atoms. The second-order valence-electron chi connectivity index (χ2n) is 6.53. The third-order valence-corrected chi connectivity index (χ3v) is 4.81. The summed E-state index contributed by atoms with van der Waals surface area (Å²) in [7, 11) is 0. The molecule has 2 aromatic rings. The van der Waals surface area contributed by atoms with Crippen molar-refractivity contribution in [3.05, 3.63) is 35.7 Å². The average molecular weight is 341 g/mol. The molecule has 2 fully saturated rings. The Kier molecular flexibility index (Phi) is 4.76. The number of benzene rings is 1. The molecule has 0 spiro atoms. The van der Waals surface area contributed by atoms with Crippen molar-refractivity contribution in [3.8, 4) is 11.4 Å². The lowest BCUT2D eigenvalue weighted by atomic mass is 10.0. The van der Waals surface area contributed by atoms with Gasteiger partial charge in [-0.25, -0.2) is 4.98 Å². The van der Waals surface area contributed by atoms with Crippen LogP contribution in [0.5, 0.6) is 0 Å². The smallest absolute Gasteiger partial charge is 0.254 e. The van der Waals surface area contributed by atoms with Crippen LogP contribution in [-0.4, -0.2) is 58.8 Å². The minimum absolute atomic E-state index is 0.0369. The number of rotatable bonds is 3. The van der Waals surface area contributed by atoms with E-state index in [1.54, 1.807) is 0 Å². The number of nitrogens with one attached hydrogen (secondary N) is 2. The zero-order valence-electron chi connectivity index (χ0n) is 14.2. The minimum atomic E-state index is 0.0369. The summed E-state index contributed by atoms with van der Waals surface area (Å²) in [6.45, 7) is 3.50. The highest BCUT2D eigenvalue weighted by atomic mass is 16.5. The summed E-state index contributed by atoms with van der Waals surface area (Å²) in [6.07, 6.45) is 3.49. The van der Waals surface area contributed by atoms with E-state index in [2.05, 4.69) is 20.5 Å².